The second-order valence-electron chi connectivity index (χ2n) is 9.37. The lowest BCUT2D eigenvalue weighted by molar-refractivity contribution is -0.0585. The molecule has 0 spiro atoms. The third-order valence-corrected chi connectivity index (χ3v) is 7.21. The molecule has 0 bridgehead atoms. The van der Waals surface area contributed by atoms with Crippen LogP contribution in [0.2, 0.25) is 0 Å². The summed E-state index contributed by atoms with van der Waals surface area (Å²) in [5.41, 5.74) is 1.38. The van der Waals surface area contributed by atoms with E-state index >= 15 is 0 Å². The van der Waals surface area contributed by atoms with E-state index in [0.29, 0.717) is 57.8 Å². The van der Waals surface area contributed by atoms with Gasteiger partial charge in [-0.25, -0.2) is 4.98 Å². The highest BCUT2D eigenvalue weighted by molar-refractivity contribution is 7.17. The highest BCUT2D eigenvalue weighted by atomic mass is 32.1. The van der Waals surface area contributed by atoms with Crippen molar-refractivity contribution in [3.63, 3.8) is 0 Å². The lowest BCUT2D eigenvalue weighted by Gasteiger charge is -2.35. The van der Waals surface area contributed by atoms with Crippen LogP contribution in [0.25, 0.3) is 29.0 Å². The van der Waals surface area contributed by atoms with Crippen molar-refractivity contribution in [2.24, 2.45) is 0 Å². The molecule has 2 atom stereocenters. The molecule has 2 fully saturated rings. The van der Waals surface area contributed by atoms with Gasteiger partial charge in [-0.3, -0.25) is 9.59 Å². The van der Waals surface area contributed by atoms with Crippen LogP contribution in [0.3, 0.4) is 0 Å². The Morgan fingerprint density at radius 3 is 2.69 bits per heavy atom. The maximum Gasteiger partial charge on any atom is 0.273 e. The van der Waals surface area contributed by atoms with Crippen molar-refractivity contribution in [2.45, 2.75) is 44.9 Å². The molecule has 2 aliphatic rings. The first kappa shape index (κ1) is 22.7. The largest absolute Gasteiger partial charge is 0.372 e. The van der Waals surface area contributed by atoms with Crippen LogP contribution in [0.1, 0.15) is 41.9 Å². The second-order valence-corrected chi connectivity index (χ2v) is 10.5. The number of aromatic amines is 2. The molecule has 4 aromatic heterocycles. The lowest BCUT2D eigenvalue weighted by atomic mass is 10.2. The van der Waals surface area contributed by atoms with Gasteiger partial charge in [-0.15, -0.1) is 11.3 Å². The summed E-state index contributed by atoms with van der Waals surface area (Å²) >= 11 is 1.37. The molecule has 1 aliphatic heterocycles. The van der Waals surface area contributed by atoms with Gasteiger partial charge in [0.25, 0.3) is 11.5 Å². The fourth-order valence-electron chi connectivity index (χ4n) is 4.39. The van der Waals surface area contributed by atoms with E-state index < -0.39 is 0 Å². The number of amides is 1. The molecule has 2 unspecified atom stereocenters. The Kier molecular flexibility index (Phi) is 5.49. The van der Waals surface area contributed by atoms with E-state index in [1.165, 1.54) is 11.3 Å². The van der Waals surface area contributed by atoms with Crippen molar-refractivity contribution < 1.29 is 9.53 Å². The quantitative estimate of drug-likeness (QED) is 0.367. The molecule has 6 rings (SSSR count). The minimum atomic E-state index is -0.266. The highest BCUT2D eigenvalue weighted by Crippen LogP contribution is 2.30. The number of aromatic nitrogens is 6. The Morgan fingerprint density at radius 2 is 2.00 bits per heavy atom. The zero-order valence-corrected chi connectivity index (χ0v) is 20.8. The van der Waals surface area contributed by atoms with E-state index in [2.05, 4.69) is 27.0 Å². The van der Waals surface area contributed by atoms with Gasteiger partial charge < -0.3 is 24.9 Å². The van der Waals surface area contributed by atoms with Crippen molar-refractivity contribution in [1.29, 1.82) is 0 Å². The third-order valence-electron chi connectivity index (χ3n) is 6.14. The summed E-state index contributed by atoms with van der Waals surface area (Å²) in [5, 5.41) is 8.25. The number of carbonyl (C=O) groups excluding carboxylic acids is 1. The molecule has 3 N–H and O–H groups in total. The van der Waals surface area contributed by atoms with Gasteiger partial charge in [0.05, 0.1) is 28.2 Å². The highest BCUT2D eigenvalue weighted by Gasteiger charge is 2.28. The molecule has 11 nitrogen and oxygen atoms in total. The summed E-state index contributed by atoms with van der Waals surface area (Å²) in [7, 11) is 0. The molecule has 1 saturated heterocycles. The number of rotatable bonds is 5. The molecular weight excluding hydrogens is 480 g/mol. The first-order valence-corrected chi connectivity index (χ1v) is 12.7. The van der Waals surface area contributed by atoms with Crippen molar-refractivity contribution in [1.82, 2.24) is 34.4 Å². The Hall–Kier alpha value is -3.77. The maximum absolute atomic E-state index is 13.2. The smallest absolute Gasteiger partial charge is 0.273 e. The number of H-pyrrole nitrogens is 2. The first-order chi connectivity index (χ1) is 17.3. The number of morpholine rings is 1. The lowest BCUT2D eigenvalue weighted by Crippen LogP contribution is -2.48. The molecular formula is C24H26N8O3S. The monoisotopic (exact) mass is 506 g/mol. The molecule has 0 aromatic carbocycles. The molecule has 1 saturated carbocycles. The Morgan fingerprint density at radius 1 is 1.22 bits per heavy atom. The van der Waals surface area contributed by atoms with Crippen molar-refractivity contribution in [2.75, 3.05) is 18.4 Å². The number of anilines is 1. The van der Waals surface area contributed by atoms with E-state index in [4.69, 9.17) is 14.7 Å². The number of imidazole rings is 1. The average molecular weight is 507 g/mol. The van der Waals surface area contributed by atoms with Gasteiger partial charge in [-0.1, -0.05) is 6.58 Å². The van der Waals surface area contributed by atoms with E-state index in [1.807, 2.05) is 30.9 Å². The minimum absolute atomic E-state index is 0.00180. The molecule has 36 heavy (non-hydrogen) atoms. The average Bonchev–Trinajstić information content (AvgIpc) is 3.22. The molecule has 4 aromatic rings. The van der Waals surface area contributed by atoms with Gasteiger partial charge in [-0.2, -0.15) is 14.6 Å². The number of carbonyl (C=O) groups is 1. The summed E-state index contributed by atoms with van der Waals surface area (Å²) in [6.07, 6.45) is 5.48. The minimum Gasteiger partial charge on any atom is -0.372 e. The topological polar surface area (TPSA) is 133 Å². The van der Waals surface area contributed by atoms with Crippen LogP contribution in [0.5, 0.6) is 0 Å². The van der Waals surface area contributed by atoms with Crippen LogP contribution in [0.15, 0.2) is 23.1 Å². The normalized spacial score (nSPS) is 20.8. The first-order valence-electron chi connectivity index (χ1n) is 11.9. The van der Waals surface area contributed by atoms with Gasteiger partial charge in [0.2, 0.25) is 5.95 Å². The predicted octanol–water partition coefficient (Wildman–Crippen LogP) is 0.932. The number of hydrogen-bond donors (Lipinski definition) is 3. The summed E-state index contributed by atoms with van der Waals surface area (Å²) in [6.45, 7) is 8.82. The number of thiophene rings is 1. The SMILES string of the molecule is C=c1[nH]c(=O)/c(=C/c2cnn3c(NC4CC4)nc(-c4ccc(C(=O)N5CC(C)OC(C)C5)s4)nc23)[nH]1. The van der Waals surface area contributed by atoms with Gasteiger partial charge >= 0.3 is 0 Å². The van der Waals surface area contributed by atoms with Crippen LogP contribution in [-0.4, -0.2) is 71.7 Å². The Balaban J connectivity index is 1.40. The van der Waals surface area contributed by atoms with Crippen LogP contribution < -0.4 is 21.7 Å². The van der Waals surface area contributed by atoms with Crippen LogP contribution in [0, 0.1) is 0 Å². The maximum atomic E-state index is 13.2. The van der Waals surface area contributed by atoms with Gasteiger partial charge in [0, 0.05) is 24.7 Å². The van der Waals surface area contributed by atoms with E-state index in [0.717, 1.165) is 17.7 Å². The van der Waals surface area contributed by atoms with E-state index in [-0.39, 0.29) is 23.7 Å². The molecule has 1 amide bonds. The van der Waals surface area contributed by atoms with E-state index in [9.17, 15) is 9.59 Å². The van der Waals surface area contributed by atoms with Crippen LogP contribution in [-0.2, 0) is 4.74 Å². The zero-order chi connectivity index (χ0) is 25.0. The molecule has 1 aliphatic carbocycles. The van der Waals surface area contributed by atoms with E-state index in [1.54, 1.807) is 16.8 Å². The zero-order valence-electron chi connectivity index (χ0n) is 19.9. The van der Waals surface area contributed by atoms with Crippen molar-refractivity contribution in [3.05, 3.63) is 50.0 Å². The molecule has 5 heterocycles. The molecule has 186 valence electrons. The summed E-state index contributed by atoms with van der Waals surface area (Å²) in [6, 6.07) is 4.05. The van der Waals surface area contributed by atoms with Crippen LogP contribution >= 0.6 is 11.3 Å². The van der Waals surface area contributed by atoms with Crippen molar-refractivity contribution in [3.8, 4) is 10.7 Å². The van der Waals surface area contributed by atoms with Crippen LogP contribution in [0.4, 0.5) is 5.95 Å². The summed E-state index contributed by atoms with van der Waals surface area (Å²) in [4.78, 5) is 43.7. The van der Waals surface area contributed by atoms with Gasteiger partial charge in [-0.05, 0) is 44.9 Å². The Labute approximate surface area is 209 Å². The molecule has 0 radical (unpaired) electrons. The standard InChI is InChI=1S/C24H26N8O3S/c1-12-10-31(11-13(2)35-12)23(34)19-7-6-18(36-19)20-29-21-15(8-17-22(33)27-14(3)26-17)9-25-32(21)24(30-20)28-16-4-5-16/h6-9,12-13,16,26H,3-5,10-11H2,1-2H3,(H,27,33)(H,28,29,30)/b17-8-. The number of fused-ring (bicyclic) bond motifs is 1. The third kappa shape index (κ3) is 4.33. The van der Waals surface area contributed by atoms with Gasteiger partial charge in [0.1, 0.15) is 10.8 Å². The van der Waals surface area contributed by atoms with Crippen molar-refractivity contribution >= 4 is 41.5 Å². The number of hydrogen-bond acceptors (Lipinski definition) is 8. The Bertz CT molecular complexity index is 1620. The summed E-state index contributed by atoms with van der Waals surface area (Å²) in [5.74, 6) is 1.05. The number of nitrogens with zero attached hydrogens (tertiary/aromatic N) is 5. The second kappa shape index (κ2) is 8.71. The summed E-state index contributed by atoms with van der Waals surface area (Å²) < 4.78 is 7.41. The number of nitrogens with one attached hydrogen (secondary N) is 3. The predicted molar refractivity (Wildman–Crippen MR) is 136 cm³/mol. The van der Waals surface area contributed by atoms with Gasteiger partial charge in [0.15, 0.2) is 11.5 Å². The fraction of sp³-hybridized carbons (Fsp3) is 0.375. The number of ether oxygens (including phenoxy) is 1. The fourth-order valence-corrected chi connectivity index (χ4v) is 5.30. The molecule has 12 heteroatoms.